The van der Waals surface area contributed by atoms with Gasteiger partial charge >= 0.3 is 0 Å². The van der Waals surface area contributed by atoms with Gasteiger partial charge < -0.3 is 5.32 Å². The maximum absolute atomic E-state index is 12.1. The van der Waals surface area contributed by atoms with E-state index in [1.807, 2.05) is 13.0 Å². The number of H-pyrrole nitrogens is 1. The topological polar surface area (TPSA) is 57.8 Å². The van der Waals surface area contributed by atoms with Gasteiger partial charge in [0.25, 0.3) is 0 Å². The highest BCUT2D eigenvalue weighted by atomic mass is 16.1. The van der Waals surface area contributed by atoms with Crippen LogP contribution in [0.15, 0.2) is 6.07 Å². The molecular formula is C13H21N3O. The van der Waals surface area contributed by atoms with E-state index in [1.165, 1.54) is 32.1 Å². The minimum Gasteiger partial charge on any atom is -0.309 e. The van der Waals surface area contributed by atoms with E-state index in [0.717, 1.165) is 18.5 Å². The van der Waals surface area contributed by atoms with Gasteiger partial charge in [0.1, 0.15) is 0 Å². The van der Waals surface area contributed by atoms with Crippen LogP contribution in [0.4, 0.5) is 5.82 Å². The Kier molecular flexibility index (Phi) is 4.18. The summed E-state index contributed by atoms with van der Waals surface area (Å²) in [7, 11) is 0. The van der Waals surface area contributed by atoms with Crippen molar-refractivity contribution in [2.75, 3.05) is 5.32 Å². The molecule has 4 heteroatoms. The molecule has 0 atom stereocenters. The first-order valence-electron chi connectivity index (χ1n) is 6.58. The molecule has 2 N–H and O–H groups in total. The van der Waals surface area contributed by atoms with Gasteiger partial charge in [-0.1, -0.05) is 32.1 Å². The highest BCUT2D eigenvalue weighted by molar-refractivity contribution is 5.91. The number of rotatable bonds is 2. The normalized spacial score (nSPS) is 18.4. The van der Waals surface area contributed by atoms with Crippen LogP contribution in [0.1, 0.15) is 50.6 Å². The maximum Gasteiger partial charge on any atom is 0.228 e. The molecule has 1 amide bonds. The van der Waals surface area contributed by atoms with Crippen LogP contribution in [0.25, 0.3) is 0 Å². The third-order valence-electron chi connectivity index (χ3n) is 3.43. The molecule has 1 fully saturated rings. The standard InChI is InChI=1S/C13H21N3O/c1-10-9-12(16-15-10)14-13(17)11-7-5-3-2-4-6-8-11/h9,11H,2-8H2,1H3,(H2,14,15,16,17). The molecule has 17 heavy (non-hydrogen) atoms. The number of aryl methyl sites for hydroxylation is 1. The zero-order valence-corrected chi connectivity index (χ0v) is 10.5. The zero-order valence-electron chi connectivity index (χ0n) is 10.5. The van der Waals surface area contributed by atoms with Crippen molar-refractivity contribution >= 4 is 11.7 Å². The van der Waals surface area contributed by atoms with Crippen molar-refractivity contribution in [1.82, 2.24) is 10.2 Å². The summed E-state index contributed by atoms with van der Waals surface area (Å²) < 4.78 is 0. The average molecular weight is 235 g/mol. The number of carbonyl (C=O) groups is 1. The van der Waals surface area contributed by atoms with Crippen molar-refractivity contribution in [2.45, 2.75) is 51.9 Å². The van der Waals surface area contributed by atoms with Crippen molar-refractivity contribution in [3.05, 3.63) is 11.8 Å². The molecule has 1 saturated carbocycles. The Morgan fingerprint density at radius 2 is 1.94 bits per heavy atom. The van der Waals surface area contributed by atoms with Gasteiger partial charge in [-0.2, -0.15) is 5.10 Å². The SMILES string of the molecule is Cc1cc(NC(=O)C2CCCCCCC2)n[nH]1. The monoisotopic (exact) mass is 235 g/mol. The molecule has 0 unspecified atom stereocenters. The van der Waals surface area contributed by atoms with Gasteiger partial charge in [-0.05, 0) is 19.8 Å². The molecule has 4 nitrogen and oxygen atoms in total. The van der Waals surface area contributed by atoms with Crippen LogP contribution in [0.3, 0.4) is 0 Å². The Morgan fingerprint density at radius 1 is 1.29 bits per heavy atom. The quantitative estimate of drug-likeness (QED) is 0.827. The van der Waals surface area contributed by atoms with E-state index in [4.69, 9.17) is 0 Å². The van der Waals surface area contributed by atoms with E-state index in [1.54, 1.807) is 0 Å². The number of nitrogens with one attached hydrogen (secondary N) is 2. The molecule has 1 heterocycles. The number of nitrogens with zero attached hydrogens (tertiary/aromatic N) is 1. The fraction of sp³-hybridized carbons (Fsp3) is 0.692. The number of aromatic amines is 1. The van der Waals surface area contributed by atoms with Crippen molar-refractivity contribution < 1.29 is 4.79 Å². The van der Waals surface area contributed by atoms with E-state index < -0.39 is 0 Å². The lowest BCUT2D eigenvalue weighted by molar-refractivity contribution is -0.120. The second kappa shape index (κ2) is 5.84. The van der Waals surface area contributed by atoms with Crippen LogP contribution < -0.4 is 5.32 Å². The second-order valence-electron chi connectivity index (χ2n) is 4.97. The van der Waals surface area contributed by atoms with Crippen LogP contribution in [-0.2, 0) is 4.79 Å². The minimum absolute atomic E-state index is 0.137. The Bertz CT molecular complexity index is 364. The molecular weight excluding hydrogens is 214 g/mol. The smallest absolute Gasteiger partial charge is 0.228 e. The number of carbonyl (C=O) groups excluding carboxylic acids is 1. The molecule has 1 aromatic heterocycles. The first-order chi connectivity index (χ1) is 8.25. The van der Waals surface area contributed by atoms with Crippen LogP contribution in [-0.4, -0.2) is 16.1 Å². The molecule has 0 saturated heterocycles. The largest absolute Gasteiger partial charge is 0.309 e. The lowest BCUT2D eigenvalue weighted by Crippen LogP contribution is -2.23. The number of hydrogen-bond acceptors (Lipinski definition) is 2. The predicted octanol–water partition coefficient (Wildman–Crippen LogP) is 3.02. The summed E-state index contributed by atoms with van der Waals surface area (Å²) in [4.78, 5) is 12.1. The van der Waals surface area contributed by atoms with E-state index in [0.29, 0.717) is 5.82 Å². The highest BCUT2D eigenvalue weighted by Crippen LogP contribution is 2.23. The molecule has 0 bridgehead atoms. The number of hydrogen-bond donors (Lipinski definition) is 2. The maximum atomic E-state index is 12.1. The van der Waals surface area contributed by atoms with Gasteiger partial charge in [0.15, 0.2) is 5.82 Å². The third kappa shape index (κ3) is 3.58. The van der Waals surface area contributed by atoms with E-state index >= 15 is 0 Å². The van der Waals surface area contributed by atoms with Crippen molar-refractivity contribution in [1.29, 1.82) is 0 Å². The summed E-state index contributed by atoms with van der Waals surface area (Å²) in [5.74, 6) is 0.959. The summed E-state index contributed by atoms with van der Waals surface area (Å²) in [5, 5.41) is 9.77. The second-order valence-corrected chi connectivity index (χ2v) is 4.97. The van der Waals surface area contributed by atoms with Crippen molar-refractivity contribution in [2.24, 2.45) is 5.92 Å². The summed E-state index contributed by atoms with van der Waals surface area (Å²) in [6.07, 6.45) is 8.27. The predicted molar refractivity (Wildman–Crippen MR) is 67.8 cm³/mol. The molecule has 94 valence electrons. The summed E-state index contributed by atoms with van der Waals surface area (Å²) in [5.41, 5.74) is 0.970. The molecule has 1 aliphatic rings. The zero-order chi connectivity index (χ0) is 12.1. The van der Waals surface area contributed by atoms with Crippen LogP contribution >= 0.6 is 0 Å². The fourth-order valence-electron chi connectivity index (χ4n) is 2.43. The first kappa shape index (κ1) is 12.1. The molecule has 0 spiro atoms. The lowest BCUT2D eigenvalue weighted by Gasteiger charge is -2.18. The van der Waals surface area contributed by atoms with Crippen LogP contribution in [0, 0.1) is 12.8 Å². The molecule has 0 radical (unpaired) electrons. The average Bonchev–Trinajstić information content (AvgIpc) is 2.63. The van der Waals surface area contributed by atoms with E-state index in [-0.39, 0.29) is 11.8 Å². The molecule has 1 aromatic rings. The molecule has 0 aromatic carbocycles. The van der Waals surface area contributed by atoms with Gasteiger partial charge in [-0.25, -0.2) is 0 Å². The Labute approximate surface area is 102 Å². The summed E-state index contributed by atoms with van der Waals surface area (Å²) in [6, 6.07) is 1.86. The van der Waals surface area contributed by atoms with Gasteiger partial charge in [0, 0.05) is 17.7 Å². The van der Waals surface area contributed by atoms with Crippen molar-refractivity contribution in [3.63, 3.8) is 0 Å². The van der Waals surface area contributed by atoms with Crippen molar-refractivity contribution in [3.8, 4) is 0 Å². The van der Waals surface area contributed by atoms with Crippen LogP contribution in [0.5, 0.6) is 0 Å². The number of anilines is 1. The fourth-order valence-corrected chi connectivity index (χ4v) is 2.43. The molecule has 1 aliphatic carbocycles. The number of amides is 1. The highest BCUT2D eigenvalue weighted by Gasteiger charge is 2.19. The Hall–Kier alpha value is -1.32. The van der Waals surface area contributed by atoms with E-state index in [2.05, 4.69) is 15.5 Å². The van der Waals surface area contributed by atoms with Gasteiger partial charge in [-0.15, -0.1) is 0 Å². The Balaban J connectivity index is 1.89. The van der Waals surface area contributed by atoms with Gasteiger partial charge in [0.2, 0.25) is 5.91 Å². The van der Waals surface area contributed by atoms with E-state index in [9.17, 15) is 4.79 Å². The summed E-state index contributed by atoms with van der Waals surface area (Å²) >= 11 is 0. The lowest BCUT2D eigenvalue weighted by atomic mass is 9.90. The van der Waals surface area contributed by atoms with Gasteiger partial charge in [0.05, 0.1) is 0 Å². The number of aromatic nitrogens is 2. The molecule has 0 aliphatic heterocycles. The summed E-state index contributed by atoms with van der Waals surface area (Å²) in [6.45, 7) is 1.93. The molecule has 2 rings (SSSR count). The third-order valence-corrected chi connectivity index (χ3v) is 3.43. The van der Waals surface area contributed by atoms with Gasteiger partial charge in [-0.3, -0.25) is 9.89 Å². The Morgan fingerprint density at radius 3 is 2.53 bits per heavy atom. The minimum atomic E-state index is 0.137. The first-order valence-corrected chi connectivity index (χ1v) is 6.58. The van der Waals surface area contributed by atoms with Crippen LogP contribution in [0.2, 0.25) is 0 Å².